The van der Waals surface area contributed by atoms with Crippen LogP contribution in [-0.2, 0) is 13.2 Å². The SMILES string of the molecule is N[C@H]1C[C@@H](Cn2nccc2CF)C1. The molecule has 2 N–H and O–H groups in total. The molecule has 0 saturated heterocycles. The van der Waals surface area contributed by atoms with E-state index >= 15 is 0 Å². The molecule has 1 aliphatic carbocycles. The average molecular weight is 183 g/mol. The summed E-state index contributed by atoms with van der Waals surface area (Å²) in [4.78, 5) is 0. The fourth-order valence-electron chi connectivity index (χ4n) is 1.82. The van der Waals surface area contributed by atoms with Gasteiger partial charge in [0.25, 0.3) is 0 Å². The summed E-state index contributed by atoms with van der Waals surface area (Å²) in [7, 11) is 0. The molecule has 0 spiro atoms. The van der Waals surface area contributed by atoms with Gasteiger partial charge in [-0.2, -0.15) is 5.10 Å². The summed E-state index contributed by atoms with van der Waals surface area (Å²) in [5, 5.41) is 4.07. The van der Waals surface area contributed by atoms with E-state index in [0.717, 1.165) is 19.4 Å². The Balaban J connectivity index is 1.94. The molecule has 1 fully saturated rings. The molecule has 4 heteroatoms. The fraction of sp³-hybridized carbons (Fsp3) is 0.667. The van der Waals surface area contributed by atoms with Gasteiger partial charge in [-0.05, 0) is 24.8 Å². The Bertz CT molecular complexity index is 278. The van der Waals surface area contributed by atoms with Crippen molar-refractivity contribution < 1.29 is 4.39 Å². The molecule has 0 atom stereocenters. The first-order valence-corrected chi connectivity index (χ1v) is 4.62. The second-order valence-electron chi connectivity index (χ2n) is 3.74. The second kappa shape index (κ2) is 3.46. The van der Waals surface area contributed by atoms with E-state index in [2.05, 4.69) is 5.10 Å². The zero-order chi connectivity index (χ0) is 9.26. The van der Waals surface area contributed by atoms with Crippen molar-refractivity contribution in [2.24, 2.45) is 11.7 Å². The van der Waals surface area contributed by atoms with Crippen LogP contribution in [0.25, 0.3) is 0 Å². The van der Waals surface area contributed by atoms with Crippen LogP contribution in [0.2, 0.25) is 0 Å². The van der Waals surface area contributed by atoms with Crippen molar-refractivity contribution in [2.75, 3.05) is 0 Å². The first-order valence-electron chi connectivity index (χ1n) is 4.62. The predicted molar refractivity (Wildman–Crippen MR) is 47.7 cm³/mol. The van der Waals surface area contributed by atoms with Crippen molar-refractivity contribution >= 4 is 0 Å². The standard InChI is InChI=1S/C9H14FN3/c10-5-9-1-2-12-13(9)6-7-3-8(11)4-7/h1-2,7-8H,3-6,11H2/t7-,8+. The Morgan fingerprint density at radius 1 is 1.62 bits per heavy atom. The molecule has 13 heavy (non-hydrogen) atoms. The number of hydrogen-bond donors (Lipinski definition) is 1. The van der Waals surface area contributed by atoms with Crippen molar-refractivity contribution in [3.8, 4) is 0 Å². The second-order valence-corrected chi connectivity index (χ2v) is 3.74. The third-order valence-corrected chi connectivity index (χ3v) is 2.64. The summed E-state index contributed by atoms with van der Waals surface area (Å²) in [6, 6.07) is 2.08. The molecule has 0 aliphatic heterocycles. The van der Waals surface area contributed by atoms with E-state index < -0.39 is 6.67 Å². The lowest BCUT2D eigenvalue weighted by molar-refractivity contribution is 0.222. The number of nitrogens with two attached hydrogens (primary N) is 1. The molecule has 2 rings (SSSR count). The van der Waals surface area contributed by atoms with Gasteiger partial charge in [0.15, 0.2) is 0 Å². The summed E-state index contributed by atoms with van der Waals surface area (Å²) >= 11 is 0. The lowest BCUT2D eigenvalue weighted by Crippen LogP contribution is -2.38. The minimum absolute atomic E-state index is 0.356. The third-order valence-electron chi connectivity index (χ3n) is 2.64. The van der Waals surface area contributed by atoms with Crippen LogP contribution in [0.4, 0.5) is 4.39 Å². The summed E-state index contributed by atoms with van der Waals surface area (Å²) in [5.74, 6) is 0.597. The van der Waals surface area contributed by atoms with Crippen LogP contribution in [0.5, 0.6) is 0 Å². The average Bonchev–Trinajstić information content (AvgIpc) is 2.49. The highest BCUT2D eigenvalue weighted by Gasteiger charge is 2.26. The van der Waals surface area contributed by atoms with Gasteiger partial charge in [0.05, 0.1) is 5.69 Å². The van der Waals surface area contributed by atoms with Gasteiger partial charge >= 0.3 is 0 Å². The van der Waals surface area contributed by atoms with Crippen LogP contribution in [-0.4, -0.2) is 15.8 Å². The molecule has 0 amide bonds. The molecule has 3 nitrogen and oxygen atoms in total. The van der Waals surface area contributed by atoms with E-state index in [-0.39, 0.29) is 0 Å². The maximum atomic E-state index is 12.4. The Kier molecular flexibility index (Phi) is 2.31. The normalized spacial score (nSPS) is 27.2. The summed E-state index contributed by atoms with van der Waals surface area (Å²) in [6.07, 6.45) is 3.74. The molecular formula is C9H14FN3. The highest BCUT2D eigenvalue weighted by molar-refractivity contribution is 4.99. The van der Waals surface area contributed by atoms with Gasteiger partial charge in [0, 0.05) is 18.8 Å². The maximum absolute atomic E-state index is 12.4. The molecule has 0 radical (unpaired) electrons. The molecule has 1 aromatic heterocycles. The summed E-state index contributed by atoms with van der Waals surface area (Å²) in [6.45, 7) is 0.388. The Morgan fingerprint density at radius 2 is 2.38 bits per heavy atom. The van der Waals surface area contributed by atoms with Gasteiger partial charge in [-0.25, -0.2) is 4.39 Å². The highest BCUT2D eigenvalue weighted by Crippen LogP contribution is 2.27. The van der Waals surface area contributed by atoms with Crippen LogP contribution >= 0.6 is 0 Å². The van der Waals surface area contributed by atoms with Crippen molar-refractivity contribution in [3.05, 3.63) is 18.0 Å². The summed E-state index contributed by atoms with van der Waals surface area (Å²) in [5.41, 5.74) is 6.33. The van der Waals surface area contributed by atoms with E-state index in [1.165, 1.54) is 0 Å². The molecule has 1 heterocycles. The minimum atomic E-state index is -0.432. The minimum Gasteiger partial charge on any atom is -0.328 e. The van der Waals surface area contributed by atoms with Crippen molar-refractivity contribution in [3.63, 3.8) is 0 Å². The monoisotopic (exact) mass is 183 g/mol. The molecule has 0 bridgehead atoms. The lowest BCUT2D eigenvalue weighted by atomic mass is 9.81. The Hall–Kier alpha value is -0.900. The molecule has 1 saturated carbocycles. The fourth-order valence-corrected chi connectivity index (χ4v) is 1.82. The van der Waals surface area contributed by atoms with Crippen molar-refractivity contribution in [1.29, 1.82) is 0 Å². The van der Waals surface area contributed by atoms with Crippen LogP contribution in [0.3, 0.4) is 0 Å². The Morgan fingerprint density at radius 3 is 3.00 bits per heavy atom. The van der Waals surface area contributed by atoms with Crippen LogP contribution in [0.1, 0.15) is 18.5 Å². The highest BCUT2D eigenvalue weighted by atomic mass is 19.1. The van der Waals surface area contributed by atoms with Gasteiger partial charge in [-0.15, -0.1) is 0 Å². The quantitative estimate of drug-likeness (QED) is 0.762. The Labute approximate surface area is 76.7 Å². The number of aromatic nitrogens is 2. The number of rotatable bonds is 3. The van der Waals surface area contributed by atoms with Gasteiger partial charge in [0.2, 0.25) is 0 Å². The van der Waals surface area contributed by atoms with E-state index in [0.29, 0.717) is 17.7 Å². The number of alkyl halides is 1. The smallest absolute Gasteiger partial charge is 0.131 e. The van der Waals surface area contributed by atoms with Crippen LogP contribution in [0, 0.1) is 5.92 Å². The lowest BCUT2D eigenvalue weighted by Gasteiger charge is -2.32. The zero-order valence-corrected chi connectivity index (χ0v) is 7.49. The van der Waals surface area contributed by atoms with Gasteiger partial charge < -0.3 is 5.73 Å². The molecule has 1 aromatic rings. The largest absolute Gasteiger partial charge is 0.328 e. The van der Waals surface area contributed by atoms with Crippen LogP contribution in [0.15, 0.2) is 12.3 Å². The van der Waals surface area contributed by atoms with Crippen LogP contribution < -0.4 is 5.73 Å². The third kappa shape index (κ3) is 1.72. The molecular weight excluding hydrogens is 169 g/mol. The summed E-state index contributed by atoms with van der Waals surface area (Å²) < 4.78 is 14.1. The number of halogens is 1. The molecule has 0 aromatic carbocycles. The molecule has 72 valence electrons. The number of hydrogen-bond acceptors (Lipinski definition) is 2. The number of nitrogens with zero attached hydrogens (tertiary/aromatic N) is 2. The molecule has 0 unspecified atom stereocenters. The zero-order valence-electron chi connectivity index (χ0n) is 7.49. The maximum Gasteiger partial charge on any atom is 0.131 e. The van der Waals surface area contributed by atoms with E-state index in [1.54, 1.807) is 16.9 Å². The topological polar surface area (TPSA) is 43.8 Å². The van der Waals surface area contributed by atoms with E-state index in [9.17, 15) is 4.39 Å². The van der Waals surface area contributed by atoms with Crippen molar-refractivity contribution in [1.82, 2.24) is 9.78 Å². The predicted octanol–water partition coefficient (Wildman–Crippen LogP) is 1.09. The van der Waals surface area contributed by atoms with Gasteiger partial charge in [-0.1, -0.05) is 0 Å². The van der Waals surface area contributed by atoms with E-state index in [1.807, 2.05) is 0 Å². The molecule has 1 aliphatic rings. The van der Waals surface area contributed by atoms with E-state index in [4.69, 9.17) is 5.73 Å². The first-order chi connectivity index (χ1) is 6.29. The van der Waals surface area contributed by atoms with Gasteiger partial charge in [-0.3, -0.25) is 4.68 Å². The van der Waals surface area contributed by atoms with Gasteiger partial charge in [0.1, 0.15) is 6.67 Å². The first kappa shape index (κ1) is 8.69. The van der Waals surface area contributed by atoms with Crippen molar-refractivity contribution in [2.45, 2.75) is 32.1 Å².